The van der Waals surface area contributed by atoms with Crippen LogP contribution in [0.3, 0.4) is 0 Å². The maximum absolute atomic E-state index is 13.1. The second-order valence-electron chi connectivity index (χ2n) is 9.08. The Hall–Kier alpha value is -1.46. The fraction of sp³-hybridized carbons (Fsp3) is 0.619. The Morgan fingerprint density at radius 3 is 2.54 bits per heavy atom. The monoisotopic (exact) mass is 373 g/mol. The van der Waals surface area contributed by atoms with E-state index in [-0.39, 0.29) is 40.9 Å². The second-order valence-corrected chi connectivity index (χ2v) is 11.5. The van der Waals surface area contributed by atoms with Crippen molar-refractivity contribution in [2.24, 2.45) is 23.2 Å². The molecule has 5 heteroatoms. The summed E-state index contributed by atoms with van der Waals surface area (Å²) in [6.45, 7) is 11.4. The van der Waals surface area contributed by atoms with Crippen LogP contribution >= 0.6 is 0 Å². The standard InChI is InChI=1S/C21H31NO3Si/c1-21(2,3)16(12-25-26(4)5)17-18(22-20(17)24)15-11-10-13-8-6-7-9-14(13)19(15)23/h6-9,15-18,26H,10-12H2,1-5H3,(H,22,24)/t15-,16+,17-,18+/m0/s1. The van der Waals surface area contributed by atoms with Crippen LogP contribution in [0.5, 0.6) is 0 Å². The lowest BCUT2D eigenvalue weighted by Crippen LogP contribution is -2.67. The summed E-state index contributed by atoms with van der Waals surface area (Å²) in [6, 6.07) is 7.82. The molecule has 26 heavy (non-hydrogen) atoms. The van der Waals surface area contributed by atoms with E-state index in [9.17, 15) is 9.59 Å². The topological polar surface area (TPSA) is 55.4 Å². The van der Waals surface area contributed by atoms with Gasteiger partial charge in [-0.25, -0.2) is 0 Å². The van der Waals surface area contributed by atoms with Crippen molar-refractivity contribution in [1.82, 2.24) is 5.32 Å². The Morgan fingerprint density at radius 1 is 1.23 bits per heavy atom. The number of β-lactam (4-membered cyclic amide) rings is 1. The van der Waals surface area contributed by atoms with E-state index >= 15 is 0 Å². The van der Waals surface area contributed by atoms with Crippen LogP contribution in [-0.2, 0) is 15.6 Å². The molecule has 1 aliphatic heterocycles. The lowest BCUT2D eigenvalue weighted by molar-refractivity contribution is -0.143. The predicted octanol–water partition coefficient (Wildman–Crippen LogP) is 3.21. The van der Waals surface area contributed by atoms with Crippen LogP contribution in [0.1, 0.15) is 43.1 Å². The molecule has 4 atom stereocenters. The summed E-state index contributed by atoms with van der Waals surface area (Å²) in [6.07, 6.45) is 1.72. The minimum absolute atomic E-state index is 0.0421. The first-order chi connectivity index (χ1) is 12.2. The lowest BCUT2D eigenvalue weighted by Gasteiger charge is -2.49. The zero-order chi connectivity index (χ0) is 19.1. The maximum atomic E-state index is 13.1. The van der Waals surface area contributed by atoms with Crippen molar-refractivity contribution < 1.29 is 14.0 Å². The van der Waals surface area contributed by atoms with Gasteiger partial charge in [0.05, 0.1) is 12.0 Å². The van der Waals surface area contributed by atoms with Gasteiger partial charge in [-0.3, -0.25) is 9.59 Å². The van der Waals surface area contributed by atoms with Gasteiger partial charge in [0.2, 0.25) is 5.91 Å². The van der Waals surface area contributed by atoms with Crippen LogP contribution in [-0.4, -0.2) is 33.4 Å². The summed E-state index contributed by atoms with van der Waals surface area (Å²) < 4.78 is 6.03. The quantitative estimate of drug-likeness (QED) is 0.637. The number of carbonyl (C=O) groups excluding carboxylic acids is 2. The van der Waals surface area contributed by atoms with Gasteiger partial charge in [0.25, 0.3) is 0 Å². The van der Waals surface area contributed by atoms with Crippen LogP contribution in [0.2, 0.25) is 13.1 Å². The molecule has 1 amide bonds. The fourth-order valence-corrected chi connectivity index (χ4v) is 4.94. The Labute approximate surface area is 158 Å². The Balaban J connectivity index is 1.82. The van der Waals surface area contributed by atoms with Crippen LogP contribution in [0.25, 0.3) is 0 Å². The molecular formula is C21H31NO3Si. The number of nitrogens with one attached hydrogen (secondary N) is 1. The highest BCUT2D eigenvalue weighted by Gasteiger charge is 2.53. The summed E-state index contributed by atoms with van der Waals surface area (Å²) in [5.41, 5.74) is 1.93. The molecule has 0 aromatic heterocycles. The summed E-state index contributed by atoms with van der Waals surface area (Å²) in [4.78, 5) is 25.6. The van der Waals surface area contributed by atoms with Crippen molar-refractivity contribution in [2.75, 3.05) is 6.61 Å². The molecule has 0 bridgehead atoms. The molecule has 0 radical (unpaired) electrons. The summed E-state index contributed by atoms with van der Waals surface area (Å²) in [5, 5.41) is 3.06. The Bertz CT molecular complexity index is 695. The first kappa shape index (κ1) is 19.3. The number of Topliss-reactive ketones (excluding diaryl/α,β-unsaturated/α-hetero) is 1. The highest BCUT2D eigenvalue weighted by Crippen LogP contribution is 2.42. The van der Waals surface area contributed by atoms with Gasteiger partial charge in [0.1, 0.15) is 0 Å². The van der Waals surface area contributed by atoms with E-state index < -0.39 is 9.04 Å². The van der Waals surface area contributed by atoms with E-state index in [1.54, 1.807) is 0 Å². The van der Waals surface area contributed by atoms with Gasteiger partial charge in [-0.15, -0.1) is 0 Å². The fourth-order valence-electron chi connectivity index (χ4n) is 4.35. The number of ketones is 1. The van der Waals surface area contributed by atoms with Crippen LogP contribution in [0, 0.1) is 23.2 Å². The number of hydrogen-bond acceptors (Lipinski definition) is 3. The van der Waals surface area contributed by atoms with E-state index in [0.29, 0.717) is 6.61 Å². The average Bonchev–Trinajstić information content (AvgIpc) is 2.56. The highest BCUT2D eigenvalue weighted by molar-refractivity contribution is 6.48. The van der Waals surface area contributed by atoms with Crippen molar-refractivity contribution in [3.8, 4) is 0 Å². The summed E-state index contributed by atoms with van der Waals surface area (Å²) >= 11 is 0. The molecule has 4 nitrogen and oxygen atoms in total. The number of hydrogen-bond donors (Lipinski definition) is 1. The van der Waals surface area contributed by atoms with E-state index in [4.69, 9.17) is 4.43 Å². The second kappa shape index (κ2) is 7.28. The minimum atomic E-state index is -1.16. The van der Waals surface area contributed by atoms with E-state index in [1.807, 2.05) is 24.3 Å². The number of amides is 1. The maximum Gasteiger partial charge on any atom is 0.225 e. The Kier molecular flexibility index (Phi) is 5.40. The molecule has 2 aliphatic rings. The molecule has 1 N–H and O–H groups in total. The van der Waals surface area contributed by atoms with Gasteiger partial charge in [0.15, 0.2) is 14.8 Å². The SMILES string of the molecule is C[SiH](C)OC[C@H]([C@@H]1C(=O)N[C@@H]1[C@@H]1CCc2ccccc2C1=O)C(C)(C)C. The third kappa shape index (κ3) is 3.65. The van der Waals surface area contributed by atoms with E-state index in [2.05, 4.69) is 39.2 Å². The van der Waals surface area contributed by atoms with E-state index in [0.717, 1.165) is 24.0 Å². The van der Waals surface area contributed by atoms with Gasteiger partial charge in [0, 0.05) is 18.1 Å². The molecule has 0 spiro atoms. The largest absolute Gasteiger partial charge is 0.420 e. The van der Waals surface area contributed by atoms with Crippen LogP contribution in [0.15, 0.2) is 24.3 Å². The van der Waals surface area contributed by atoms with Gasteiger partial charge in [-0.05, 0) is 42.8 Å². The van der Waals surface area contributed by atoms with Crippen molar-refractivity contribution in [3.05, 3.63) is 35.4 Å². The molecular weight excluding hydrogens is 342 g/mol. The molecule has 0 unspecified atom stereocenters. The van der Waals surface area contributed by atoms with Crippen LogP contribution < -0.4 is 5.32 Å². The van der Waals surface area contributed by atoms with Crippen LogP contribution in [0.4, 0.5) is 0 Å². The first-order valence-corrected chi connectivity index (χ1v) is 12.5. The van der Waals surface area contributed by atoms with Crippen molar-refractivity contribution in [3.63, 3.8) is 0 Å². The molecule has 1 fully saturated rings. The third-order valence-corrected chi connectivity index (χ3v) is 6.79. The first-order valence-electron chi connectivity index (χ1n) is 9.74. The average molecular weight is 374 g/mol. The third-order valence-electron chi connectivity index (χ3n) is 5.93. The molecule has 142 valence electrons. The molecule has 1 aromatic carbocycles. The summed E-state index contributed by atoms with van der Waals surface area (Å²) in [7, 11) is -1.16. The zero-order valence-electron chi connectivity index (χ0n) is 16.5. The molecule has 1 aromatic rings. The number of benzene rings is 1. The molecule has 1 heterocycles. The zero-order valence-corrected chi connectivity index (χ0v) is 17.7. The number of fused-ring (bicyclic) bond motifs is 1. The van der Waals surface area contributed by atoms with Crippen molar-refractivity contribution >= 4 is 20.7 Å². The van der Waals surface area contributed by atoms with E-state index in [1.165, 1.54) is 0 Å². The Morgan fingerprint density at radius 2 is 1.92 bits per heavy atom. The number of carbonyl (C=O) groups is 2. The van der Waals surface area contributed by atoms with Gasteiger partial charge < -0.3 is 9.74 Å². The number of aryl methyl sites for hydroxylation is 1. The van der Waals surface area contributed by atoms with Gasteiger partial charge >= 0.3 is 0 Å². The molecule has 3 rings (SSSR count). The molecule has 1 aliphatic carbocycles. The summed E-state index contributed by atoms with van der Waals surface area (Å²) in [5.74, 6) is 0.140. The smallest absolute Gasteiger partial charge is 0.225 e. The van der Waals surface area contributed by atoms with Crippen molar-refractivity contribution in [2.45, 2.75) is 52.7 Å². The van der Waals surface area contributed by atoms with Gasteiger partial charge in [-0.2, -0.15) is 0 Å². The number of rotatable bonds is 5. The normalized spacial score (nSPS) is 26.9. The lowest BCUT2D eigenvalue weighted by atomic mass is 9.62. The predicted molar refractivity (Wildman–Crippen MR) is 106 cm³/mol. The van der Waals surface area contributed by atoms with Crippen molar-refractivity contribution in [1.29, 1.82) is 0 Å². The minimum Gasteiger partial charge on any atom is -0.420 e. The van der Waals surface area contributed by atoms with Gasteiger partial charge in [-0.1, -0.05) is 45.0 Å². The highest BCUT2D eigenvalue weighted by atomic mass is 28.3. The molecule has 1 saturated heterocycles. The molecule has 0 saturated carbocycles.